The van der Waals surface area contributed by atoms with Crippen molar-refractivity contribution in [2.24, 2.45) is 0 Å². The molecule has 1 N–H and O–H groups in total. The summed E-state index contributed by atoms with van der Waals surface area (Å²) in [7, 11) is 0. The molecule has 3 rings (SSSR count). The van der Waals surface area contributed by atoms with E-state index in [0.717, 1.165) is 25.7 Å². The van der Waals surface area contributed by atoms with Crippen molar-refractivity contribution >= 4 is 5.91 Å². The zero-order chi connectivity index (χ0) is 17.1. The number of benzene rings is 1. The number of aromatic amines is 1. The molecule has 1 atom stereocenters. The van der Waals surface area contributed by atoms with Gasteiger partial charge in [-0.15, -0.1) is 0 Å². The van der Waals surface area contributed by atoms with E-state index < -0.39 is 5.56 Å². The molecular weight excluding hydrogens is 302 g/mol. The summed E-state index contributed by atoms with van der Waals surface area (Å²) in [5, 5.41) is 0. The molecule has 0 unspecified atom stereocenters. The predicted octanol–water partition coefficient (Wildman–Crippen LogP) is 2.62. The van der Waals surface area contributed by atoms with E-state index in [-0.39, 0.29) is 17.6 Å². The van der Waals surface area contributed by atoms with Gasteiger partial charge < -0.3 is 9.88 Å². The first-order valence-corrected chi connectivity index (χ1v) is 8.48. The van der Waals surface area contributed by atoms with Crippen LogP contribution in [0.25, 0.3) is 0 Å². The number of hydrogen-bond acceptors (Lipinski definition) is 3. The number of carbonyl (C=O) groups is 1. The minimum Gasteiger partial charge on any atom is -0.334 e. The van der Waals surface area contributed by atoms with Gasteiger partial charge in [-0.05, 0) is 45.1 Å². The molecule has 0 aliphatic carbocycles. The zero-order valence-corrected chi connectivity index (χ0v) is 14.2. The maximum Gasteiger partial charge on any atom is 0.279 e. The Morgan fingerprint density at radius 3 is 2.75 bits per heavy atom. The van der Waals surface area contributed by atoms with E-state index >= 15 is 0 Å². The van der Waals surface area contributed by atoms with E-state index in [0.29, 0.717) is 17.9 Å². The lowest BCUT2D eigenvalue weighted by Crippen LogP contribution is -2.46. The highest BCUT2D eigenvalue weighted by molar-refractivity contribution is 5.92. The largest absolute Gasteiger partial charge is 0.334 e. The normalized spacial score (nSPS) is 17.8. The van der Waals surface area contributed by atoms with Crippen molar-refractivity contribution in [1.29, 1.82) is 0 Å². The number of rotatable bonds is 3. The van der Waals surface area contributed by atoms with Crippen LogP contribution in [0.3, 0.4) is 0 Å². The molecule has 0 radical (unpaired) electrons. The lowest BCUT2D eigenvalue weighted by molar-refractivity contribution is 0.0605. The van der Waals surface area contributed by atoms with Gasteiger partial charge in [0.05, 0.1) is 5.69 Å². The van der Waals surface area contributed by atoms with Crippen LogP contribution in [0, 0.1) is 13.8 Å². The molecule has 5 nitrogen and oxygen atoms in total. The minimum atomic E-state index is -0.396. The summed E-state index contributed by atoms with van der Waals surface area (Å²) < 4.78 is 0. The Hall–Kier alpha value is -2.43. The highest BCUT2D eigenvalue weighted by Gasteiger charge is 2.30. The lowest BCUT2D eigenvalue weighted by atomic mass is 9.95. The van der Waals surface area contributed by atoms with Gasteiger partial charge in [-0.2, -0.15) is 0 Å². The van der Waals surface area contributed by atoms with Crippen LogP contribution >= 0.6 is 0 Å². The maximum atomic E-state index is 12.9. The highest BCUT2D eigenvalue weighted by atomic mass is 16.2. The van der Waals surface area contributed by atoms with Crippen LogP contribution in [-0.2, 0) is 6.42 Å². The van der Waals surface area contributed by atoms with E-state index in [1.165, 1.54) is 5.56 Å². The maximum absolute atomic E-state index is 12.9. The first kappa shape index (κ1) is 16.4. The van der Waals surface area contributed by atoms with Gasteiger partial charge >= 0.3 is 0 Å². The number of aryl methyl sites for hydroxylation is 2. The number of amides is 1. The number of likely N-dealkylation sites (tertiary alicyclic amines) is 1. The molecule has 0 saturated carbocycles. The molecule has 1 aliphatic heterocycles. The van der Waals surface area contributed by atoms with Gasteiger partial charge in [-0.25, -0.2) is 4.98 Å². The molecule has 2 heterocycles. The quantitative estimate of drug-likeness (QED) is 0.943. The summed E-state index contributed by atoms with van der Waals surface area (Å²) in [6.07, 6.45) is 3.86. The van der Waals surface area contributed by atoms with Crippen LogP contribution in [0.2, 0.25) is 0 Å². The summed E-state index contributed by atoms with van der Waals surface area (Å²) in [4.78, 5) is 33.9. The molecule has 1 fully saturated rings. The van der Waals surface area contributed by atoms with Crippen molar-refractivity contribution in [3.63, 3.8) is 0 Å². The van der Waals surface area contributed by atoms with Crippen molar-refractivity contribution in [2.45, 2.75) is 45.6 Å². The Kier molecular flexibility index (Phi) is 4.79. The van der Waals surface area contributed by atoms with Crippen LogP contribution in [0.1, 0.15) is 46.7 Å². The number of nitrogens with zero attached hydrogens (tertiary/aromatic N) is 2. The highest BCUT2D eigenvalue weighted by Crippen LogP contribution is 2.22. The SMILES string of the molecule is Cc1nc(C(=O)N2CCCC[C@@H]2Cc2ccccc2)c(=O)[nH]c1C. The second kappa shape index (κ2) is 6.99. The minimum absolute atomic E-state index is 0.0121. The summed E-state index contributed by atoms with van der Waals surface area (Å²) in [6, 6.07) is 10.3. The van der Waals surface area contributed by atoms with E-state index in [4.69, 9.17) is 0 Å². The number of aromatic nitrogens is 2. The Labute approximate surface area is 141 Å². The third kappa shape index (κ3) is 3.40. The van der Waals surface area contributed by atoms with Crippen molar-refractivity contribution < 1.29 is 4.79 Å². The standard InChI is InChI=1S/C19H23N3O2/c1-13-14(2)21-18(23)17(20-13)19(24)22-11-7-6-10-16(22)12-15-8-4-3-5-9-15/h3-5,8-9,16H,6-7,10-12H2,1-2H3,(H,21,23)/t16-/m1/s1. The molecule has 0 bridgehead atoms. The average Bonchev–Trinajstić information content (AvgIpc) is 2.59. The van der Waals surface area contributed by atoms with E-state index in [9.17, 15) is 9.59 Å². The van der Waals surface area contributed by atoms with Gasteiger partial charge in [-0.1, -0.05) is 30.3 Å². The van der Waals surface area contributed by atoms with Crippen LogP contribution in [0.15, 0.2) is 35.1 Å². The average molecular weight is 325 g/mol. The van der Waals surface area contributed by atoms with Crippen LogP contribution in [0.5, 0.6) is 0 Å². The number of H-pyrrole nitrogens is 1. The Balaban J connectivity index is 1.86. The van der Waals surface area contributed by atoms with Gasteiger partial charge in [0.25, 0.3) is 11.5 Å². The van der Waals surface area contributed by atoms with Gasteiger partial charge in [0.15, 0.2) is 5.69 Å². The number of carbonyl (C=O) groups excluding carboxylic acids is 1. The summed E-state index contributed by atoms with van der Waals surface area (Å²) >= 11 is 0. The summed E-state index contributed by atoms with van der Waals surface area (Å²) in [5.74, 6) is -0.250. The Morgan fingerprint density at radius 2 is 2.00 bits per heavy atom. The molecule has 126 valence electrons. The zero-order valence-electron chi connectivity index (χ0n) is 14.2. The molecule has 1 aromatic carbocycles. The lowest BCUT2D eigenvalue weighted by Gasteiger charge is -2.35. The third-order valence-corrected chi connectivity index (χ3v) is 4.74. The molecular formula is C19H23N3O2. The molecule has 1 aliphatic rings. The van der Waals surface area contributed by atoms with Crippen molar-refractivity contribution in [2.75, 3.05) is 6.54 Å². The molecule has 1 saturated heterocycles. The van der Waals surface area contributed by atoms with Crippen molar-refractivity contribution in [3.05, 3.63) is 63.3 Å². The number of piperidine rings is 1. The fourth-order valence-electron chi connectivity index (χ4n) is 3.27. The molecule has 2 aromatic rings. The first-order valence-electron chi connectivity index (χ1n) is 8.48. The van der Waals surface area contributed by atoms with Gasteiger partial charge in [0.1, 0.15) is 0 Å². The smallest absolute Gasteiger partial charge is 0.279 e. The number of hydrogen-bond donors (Lipinski definition) is 1. The fourth-order valence-corrected chi connectivity index (χ4v) is 3.27. The fraction of sp³-hybridized carbons (Fsp3) is 0.421. The summed E-state index contributed by atoms with van der Waals surface area (Å²) in [5.41, 5.74) is 2.22. The van der Waals surface area contributed by atoms with Gasteiger partial charge in [-0.3, -0.25) is 9.59 Å². The Morgan fingerprint density at radius 1 is 1.25 bits per heavy atom. The van der Waals surface area contributed by atoms with Crippen LogP contribution in [0.4, 0.5) is 0 Å². The topological polar surface area (TPSA) is 66.1 Å². The monoisotopic (exact) mass is 325 g/mol. The molecule has 24 heavy (non-hydrogen) atoms. The number of nitrogens with one attached hydrogen (secondary N) is 1. The molecule has 5 heteroatoms. The van der Waals surface area contributed by atoms with E-state index in [1.807, 2.05) is 23.1 Å². The second-order valence-electron chi connectivity index (χ2n) is 6.46. The van der Waals surface area contributed by atoms with Gasteiger partial charge in [0.2, 0.25) is 0 Å². The second-order valence-corrected chi connectivity index (χ2v) is 6.46. The van der Waals surface area contributed by atoms with Crippen molar-refractivity contribution in [1.82, 2.24) is 14.9 Å². The van der Waals surface area contributed by atoms with Crippen LogP contribution < -0.4 is 5.56 Å². The summed E-state index contributed by atoms with van der Waals surface area (Å²) in [6.45, 7) is 4.28. The van der Waals surface area contributed by atoms with E-state index in [1.54, 1.807) is 13.8 Å². The van der Waals surface area contributed by atoms with Crippen molar-refractivity contribution in [3.8, 4) is 0 Å². The molecule has 0 spiro atoms. The van der Waals surface area contributed by atoms with Crippen LogP contribution in [-0.4, -0.2) is 33.4 Å². The predicted molar refractivity (Wildman–Crippen MR) is 93.2 cm³/mol. The Bertz CT molecular complexity index is 783. The molecule has 1 amide bonds. The molecule has 1 aromatic heterocycles. The third-order valence-electron chi connectivity index (χ3n) is 4.74. The first-order chi connectivity index (χ1) is 11.6. The van der Waals surface area contributed by atoms with E-state index in [2.05, 4.69) is 22.1 Å². The van der Waals surface area contributed by atoms with Gasteiger partial charge in [0, 0.05) is 18.3 Å².